The SMILES string of the molecule is CC(Cl)CC=COC(C)COC(C)CO. The summed E-state index contributed by atoms with van der Waals surface area (Å²) in [6.07, 6.45) is 4.19. The molecule has 0 aliphatic rings. The van der Waals surface area contributed by atoms with Crippen molar-refractivity contribution >= 4 is 11.6 Å². The summed E-state index contributed by atoms with van der Waals surface area (Å²) in [7, 11) is 0. The molecule has 0 fully saturated rings. The number of halogens is 1. The largest absolute Gasteiger partial charge is 0.496 e. The van der Waals surface area contributed by atoms with Crippen molar-refractivity contribution in [2.24, 2.45) is 0 Å². The monoisotopic (exact) mass is 236 g/mol. The van der Waals surface area contributed by atoms with Gasteiger partial charge in [0.1, 0.15) is 6.10 Å². The van der Waals surface area contributed by atoms with E-state index in [9.17, 15) is 0 Å². The Balaban J connectivity index is 3.48. The van der Waals surface area contributed by atoms with Gasteiger partial charge in [-0.25, -0.2) is 0 Å². The molecule has 0 aromatic rings. The minimum absolute atomic E-state index is 0.0131. The normalized spacial score (nSPS) is 17.7. The average molecular weight is 237 g/mol. The highest BCUT2D eigenvalue weighted by molar-refractivity contribution is 6.20. The van der Waals surface area contributed by atoms with Crippen molar-refractivity contribution in [2.75, 3.05) is 13.2 Å². The standard InChI is InChI=1S/C11H21ClO3/c1-9(12)5-4-6-14-11(3)8-15-10(2)7-13/h4,6,9-11,13H,5,7-8H2,1-3H3. The Morgan fingerprint density at radius 2 is 1.93 bits per heavy atom. The number of hydrogen-bond donors (Lipinski definition) is 1. The molecule has 90 valence electrons. The number of hydrogen-bond acceptors (Lipinski definition) is 3. The van der Waals surface area contributed by atoms with Crippen LogP contribution in [-0.2, 0) is 9.47 Å². The predicted octanol–water partition coefficient (Wildman–Crippen LogP) is 2.32. The molecule has 0 aliphatic heterocycles. The molecule has 0 heterocycles. The number of ether oxygens (including phenoxy) is 2. The predicted molar refractivity (Wildman–Crippen MR) is 62.1 cm³/mol. The number of alkyl halides is 1. The van der Waals surface area contributed by atoms with Crippen LogP contribution in [0.4, 0.5) is 0 Å². The molecule has 0 bridgehead atoms. The maximum atomic E-state index is 8.73. The lowest BCUT2D eigenvalue weighted by Crippen LogP contribution is -2.21. The Kier molecular flexibility index (Phi) is 8.86. The van der Waals surface area contributed by atoms with E-state index in [0.29, 0.717) is 6.61 Å². The summed E-state index contributed by atoms with van der Waals surface area (Å²) in [5, 5.41) is 8.86. The van der Waals surface area contributed by atoms with E-state index in [1.807, 2.05) is 26.8 Å². The van der Waals surface area contributed by atoms with Crippen molar-refractivity contribution in [1.82, 2.24) is 0 Å². The van der Waals surface area contributed by atoms with E-state index in [2.05, 4.69) is 0 Å². The van der Waals surface area contributed by atoms with Gasteiger partial charge in [-0.05, 0) is 33.3 Å². The highest BCUT2D eigenvalue weighted by Gasteiger charge is 2.04. The molecule has 0 saturated heterocycles. The Morgan fingerprint density at radius 1 is 1.27 bits per heavy atom. The molecule has 0 radical (unpaired) electrons. The van der Waals surface area contributed by atoms with Crippen molar-refractivity contribution in [1.29, 1.82) is 0 Å². The van der Waals surface area contributed by atoms with Gasteiger partial charge in [0.15, 0.2) is 0 Å². The zero-order valence-electron chi connectivity index (χ0n) is 9.65. The fourth-order valence-corrected chi connectivity index (χ4v) is 0.927. The van der Waals surface area contributed by atoms with Crippen LogP contribution in [0.25, 0.3) is 0 Å². The minimum atomic E-state index is -0.136. The first-order valence-electron chi connectivity index (χ1n) is 5.23. The van der Waals surface area contributed by atoms with Crippen molar-refractivity contribution in [2.45, 2.75) is 44.8 Å². The zero-order valence-corrected chi connectivity index (χ0v) is 10.4. The number of aliphatic hydroxyl groups excluding tert-OH is 1. The van der Waals surface area contributed by atoms with Crippen LogP contribution in [0.2, 0.25) is 0 Å². The quantitative estimate of drug-likeness (QED) is 0.519. The van der Waals surface area contributed by atoms with Crippen molar-refractivity contribution in [3.63, 3.8) is 0 Å². The first kappa shape index (κ1) is 14.8. The van der Waals surface area contributed by atoms with Gasteiger partial charge in [-0.15, -0.1) is 11.6 Å². The molecule has 0 aliphatic carbocycles. The van der Waals surface area contributed by atoms with E-state index in [-0.39, 0.29) is 24.2 Å². The summed E-state index contributed by atoms with van der Waals surface area (Å²) in [4.78, 5) is 0. The summed E-state index contributed by atoms with van der Waals surface area (Å²) < 4.78 is 10.6. The van der Waals surface area contributed by atoms with Gasteiger partial charge in [0.05, 0.1) is 25.6 Å². The highest BCUT2D eigenvalue weighted by atomic mass is 35.5. The average Bonchev–Trinajstić information content (AvgIpc) is 2.20. The molecule has 0 saturated carbocycles. The van der Waals surface area contributed by atoms with Gasteiger partial charge < -0.3 is 14.6 Å². The Hall–Kier alpha value is -0.250. The van der Waals surface area contributed by atoms with Crippen molar-refractivity contribution < 1.29 is 14.6 Å². The molecule has 15 heavy (non-hydrogen) atoms. The van der Waals surface area contributed by atoms with Gasteiger partial charge in [0.2, 0.25) is 0 Å². The van der Waals surface area contributed by atoms with Crippen LogP contribution in [0.3, 0.4) is 0 Å². The molecular weight excluding hydrogens is 216 g/mol. The van der Waals surface area contributed by atoms with E-state index in [0.717, 1.165) is 6.42 Å². The molecule has 3 unspecified atom stereocenters. The summed E-state index contributed by atoms with van der Waals surface area (Å²) in [6.45, 7) is 6.17. The van der Waals surface area contributed by atoms with Crippen LogP contribution in [0, 0.1) is 0 Å². The van der Waals surface area contributed by atoms with E-state index >= 15 is 0 Å². The molecular formula is C11H21ClO3. The second-order valence-corrected chi connectivity index (χ2v) is 4.41. The second-order valence-electron chi connectivity index (χ2n) is 3.66. The molecule has 3 nitrogen and oxygen atoms in total. The molecule has 4 heteroatoms. The van der Waals surface area contributed by atoms with Gasteiger partial charge >= 0.3 is 0 Å². The molecule has 0 aromatic heterocycles. The molecule has 0 rings (SSSR count). The Morgan fingerprint density at radius 3 is 2.47 bits per heavy atom. The van der Waals surface area contributed by atoms with E-state index in [1.165, 1.54) is 0 Å². The summed E-state index contributed by atoms with van der Waals surface area (Å²) >= 11 is 5.76. The Bertz CT molecular complexity index is 171. The van der Waals surface area contributed by atoms with Gasteiger partial charge in [-0.3, -0.25) is 0 Å². The first-order valence-corrected chi connectivity index (χ1v) is 5.67. The van der Waals surface area contributed by atoms with Gasteiger partial charge in [0, 0.05) is 5.38 Å². The Labute approximate surface area is 97.0 Å². The maximum Gasteiger partial charge on any atom is 0.118 e. The third-order valence-electron chi connectivity index (χ3n) is 1.74. The summed E-state index contributed by atoms with van der Waals surface area (Å²) in [5.74, 6) is 0. The minimum Gasteiger partial charge on any atom is -0.496 e. The van der Waals surface area contributed by atoms with Crippen LogP contribution in [-0.4, -0.2) is 35.9 Å². The molecule has 0 amide bonds. The number of allylic oxidation sites excluding steroid dienone is 1. The van der Waals surface area contributed by atoms with Crippen molar-refractivity contribution in [3.8, 4) is 0 Å². The smallest absolute Gasteiger partial charge is 0.118 e. The van der Waals surface area contributed by atoms with E-state index in [1.54, 1.807) is 6.26 Å². The maximum absolute atomic E-state index is 8.73. The van der Waals surface area contributed by atoms with Gasteiger partial charge in [-0.1, -0.05) is 0 Å². The third kappa shape index (κ3) is 10.0. The molecule has 0 aromatic carbocycles. The zero-order chi connectivity index (χ0) is 11.7. The van der Waals surface area contributed by atoms with Crippen LogP contribution < -0.4 is 0 Å². The molecule has 1 N–H and O–H groups in total. The van der Waals surface area contributed by atoms with Crippen LogP contribution in [0.15, 0.2) is 12.3 Å². The van der Waals surface area contributed by atoms with Crippen LogP contribution in [0.1, 0.15) is 27.2 Å². The fraction of sp³-hybridized carbons (Fsp3) is 0.818. The molecule has 0 spiro atoms. The van der Waals surface area contributed by atoms with E-state index in [4.69, 9.17) is 26.2 Å². The lowest BCUT2D eigenvalue weighted by atomic mass is 10.3. The van der Waals surface area contributed by atoms with Gasteiger partial charge in [-0.2, -0.15) is 0 Å². The topological polar surface area (TPSA) is 38.7 Å². The van der Waals surface area contributed by atoms with Crippen LogP contribution in [0.5, 0.6) is 0 Å². The fourth-order valence-electron chi connectivity index (χ4n) is 0.825. The summed E-state index contributed by atoms with van der Waals surface area (Å²) in [5.41, 5.74) is 0. The third-order valence-corrected chi connectivity index (χ3v) is 1.92. The second kappa shape index (κ2) is 9.01. The first-order chi connectivity index (χ1) is 7.06. The highest BCUT2D eigenvalue weighted by Crippen LogP contribution is 2.02. The lowest BCUT2D eigenvalue weighted by molar-refractivity contribution is -0.0220. The van der Waals surface area contributed by atoms with Crippen LogP contribution >= 0.6 is 11.6 Å². The number of rotatable bonds is 8. The van der Waals surface area contributed by atoms with Crippen molar-refractivity contribution in [3.05, 3.63) is 12.3 Å². The summed E-state index contributed by atoms with van der Waals surface area (Å²) in [6, 6.07) is 0. The van der Waals surface area contributed by atoms with Gasteiger partial charge in [0.25, 0.3) is 0 Å². The number of aliphatic hydroxyl groups is 1. The van der Waals surface area contributed by atoms with E-state index < -0.39 is 0 Å². The molecule has 3 atom stereocenters. The lowest BCUT2D eigenvalue weighted by Gasteiger charge is -2.15.